The topological polar surface area (TPSA) is 63.2 Å². The Morgan fingerprint density at radius 3 is 2.68 bits per heavy atom. The van der Waals surface area contributed by atoms with Crippen molar-refractivity contribution in [1.29, 1.82) is 0 Å². The van der Waals surface area contributed by atoms with Gasteiger partial charge in [-0.2, -0.15) is 0 Å². The fraction of sp³-hybridized carbons (Fsp3) is 0.462. The van der Waals surface area contributed by atoms with Gasteiger partial charge in [-0.3, -0.25) is 0 Å². The fourth-order valence-electron chi connectivity index (χ4n) is 1.76. The molecule has 6 heteroatoms. The highest BCUT2D eigenvalue weighted by Gasteiger charge is 2.23. The van der Waals surface area contributed by atoms with Crippen LogP contribution in [0.4, 0.5) is 0 Å². The molecule has 1 aliphatic rings. The van der Waals surface area contributed by atoms with Crippen LogP contribution in [0.25, 0.3) is 0 Å². The summed E-state index contributed by atoms with van der Waals surface area (Å²) in [4.78, 5) is 11.5. The molecule has 19 heavy (non-hydrogen) atoms. The van der Waals surface area contributed by atoms with E-state index in [0.29, 0.717) is 24.5 Å². The second-order valence-electron chi connectivity index (χ2n) is 3.87. The summed E-state index contributed by atoms with van der Waals surface area (Å²) in [5, 5.41) is 0. The normalized spacial score (nSPS) is 15.5. The Bertz CT molecular complexity index is 439. The van der Waals surface area contributed by atoms with Gasteiger partial charge in [-0.25, -0.2) is 4.79 Å². The maximum absolute atomic E-state index is 11.5. The van der Waals surface area contributed by atoms with Gasteiger partial charge >= 0.3 is 5.97 Å². The van der Waals surface area contributed by atoms with Gasteiger partial charge in [-0.15, -0.1) is 0 Å². The number of hydrogen-bond donors (Lipinski definition) is 0. The zero-order valence-corrected chi connectivity index (χ0v) is 10.9. The van der Waals surface area contributed by atoms with Gasteiger partial charge in [-0.1, -0.05) is 0 Å². The number of benzene rings is 1. The minimum Gasteiger partial charge on any atom is -0.467 e. The van der Waals surface area contributed by atoms with E-state index in [4.69, 9.17) is 18.9 Å². The van der Waals surface area contributed by atoms with Crippen LogP contribution in [-0.4, -0.2) is 40.2 Å². The van der Waals surface area contributed by atoms with Crippen LogP contribution < -0.4 is 4.74 Å². The van der Waals surface area contributed by atoms with Crippen molar-refractivity contribution in [3.05, 3.63) is 29.3 Å². The second kappa shape index (κ2) is 6.51. The lowest BCUT2D eigenvalue weighted by atomic mass is 10.1. The molecule has 0 spiro atoms. The molecular formula is C13H16O6. The van der Waals surface area contributed by atoms with E-state index in [9.17, 15) is 4.79 Å². The molecule has 1 aliphatic heterocycles. The number of rotatable bonds is 5. The number of ether oxygens (including phenoxy) is 5. The van der Waals surface area contributed by atoms with Crippen molar-refractivity contribution in [3.8, 4) is 5.75 Å². The van der Waals surface area contributed by atoms with Gasteiger partial charge in [0, 0.05) is 12.7 Å². The molecule has 1 aromatic rings. The number of esters is 1. The Morgan fingerprint density at radius 1 is 1.32 bits per heavy atom. The number of carbonyl (C=O) groups excluding carboxylic acids is 1. The molecule has 1 heterocycles. The predicted octanol–water partition coefficient (Wildman–Crippen LogP) is 1.50. The molecule has 0 aromatic heterocycles. The Morgan fingerprint density at radius 2 is 2.05 bits per heavy atom. The Kier molecular flexibility index (Phi) is 4.73. The highest BCUT2D eigenvalue weighted by Crippen LogP contribution is 2.32. The van der Waals surface area contributed by atoms with Gasteiger partial charge in [-0.05, 0) is 18.2 Å². The molecule has 0 unspecified atom stereocenters. The van der Waals surface area contributed by atoms with Crippen LogP contribution in [-0.2, 0) is 18.9 Å². The van der Waals surface area contributed by atoms with E-state index < -0.39 is 12.3 Å². The summed E-state index contributed by atoms with van der Waals surface area (Å²) in [7, 11) is 2.85. The highest BCUT2D eigenvalue weighted by molar-refractivity contribution is 5.89. The van der Waals surface area contributed by atoms with E-state index in [1.807, 2.05) is 0 Å². The van der Waals surface area contributed by atoms with E-state index in [-0.39, 0.29) is 6.79 Å². The first-order valence-corrected chi connectivity index (χ1v) is 5.83. The van der Waals surface area contributed by atoms with Crippen molar-refractivity contribution in [1.82, 2.24) is 0 Å². The third kappa shape index (κ3) is 3.23. The summed E-state index contributed by atoms with van der Waals surface area (Å²) in [5.41, 5.74) is 1.12. The number of methoxy groups -OCH3 is 2. The van der Waals surface area contributed by atoms with Crippen LogP contribution in [0.15, 0.2) is 18.2 Å². The lowest BCUT2D eigenvalue weighted by Crippen LogP contribution is -2.08. The summed E-state index contributed by atoms with van der Waals surface area (Å²) in [6.45, 7) is 1.14. The minimum atomic E-state index is -0.474. The first-order valence-electron chi connectivity index (χ1n) is 5.83. The first kappa shape index (κ1) is 13.8. The Balaban J connectivity index is 2.27. The van der Waals surface area contributed by atoms with Crippen LogP contribution in [0.3, 0.4) is 0 Å². The van der Waals surface area contributed by atoms with Gasteiger partial charge in [0.2, 0.25) is 0 Å². The van der Waals surface area contributed by atoms with Crippen LogP contribution in [0, 0.1) is 0 Å². The summed E-state index contributed by atoms with van der Waals surface area (Å²) >= 11 is 0. The summed E-state index contributed by atoms with van der Waals surface area (Å²) in [5.74, 6) is 0.0544. The van der Waals surface area contributed by atoms with E-state index in [0.717, 1.165) is 5.56 Å². The summed E-state index contributed by atoms with van der Waals surface area (Å²) in [6, 6.07) is 4.96. The standard InChI is InChI=1S/C13H16O6/c1-15-8-19-11-7-9(12(14)16-2)3-4-10(11)13-17-5-6-18-13/h3-4,7,13H,5-6,8H2,1-2H3. The van der Waals surface area contributed by atoms with Crippen molar-refractivity contribution in [2.24, 2.45) is 0 Å². The molecule has 2 rings (SSSR count). The van der Waals surface area contributed by atoms with Gasteiger partial charge in [0.25, 0.3) is 0 Å². The lowest BCUT2D eigenvalue weighted by Gasteiger charge is -2.15. The quantitative estimate of drug-likeness (QED) is 0.595. The molecule has 0 atom stereocenters. The zero-order chi connectivity index (χ0) is 13.7. The Hall–Kier alpha value is -1.63. The van der Waals surface area contributed by atoms with E-state index >= 15 is 0 Å². The summed E-state index contributed by atoms with van der Waals surface area (Å²) < 4.78 is 25.8. The SMILES string of the molecule is COCOc1cc(C(=O)OC)ccc1C1OCCO1. The van der Waals surface area contributed by atoms with Crippen LogP contribution in [0.5, 0.6) is 5.75 Å². The molecule has 104 valence electrons. The van der Waals surface area contributed by atoms with Crippen molar-refractivity contribution in [3.63, 3.8) is 0 Å². The Labute approximate surface area is 111 Å². The van der Waals surface area contributed by atoms with Gasteiger partial charge in [0.15, 0.2) is 13.1 Å². The molecule has 0 aliphatic carbocycles. The monoisotopic (exact) mass is 268 g/mol. The van der Waals surface area contributed by atoms with Crippen LogP contribution >= 0.6 is 0 Å². The smallest absolute Gasteiger partial charge is 0.337 e. The molecule has 1 aromatic carbocycles. The third-order valence-electron chi connectivity index (χ3n) is 2.64. The van der Waals surface area contributed by atoms with Gasteiger partial charge in [0.05, 0.1) is 25.9 Å². The average molecular weight is 268 g/mol. The lowest BCUT2D eigenvalue weighted by molar-refractivity contribution is -0.0477. The number of hydrogen-bond acceptors (Lipinski definition) is 6. The molecule has 1 saturated heterocycles. The maximum atomic E-state index is 11.5. The largest absolute Gasteiger partial charge is 0.467 e. The zero-order valence-electron chi connectivity index (χ0n) is 10.9. The third-order valence-corrected chi connectivity index (χ3v) is 2.64. The van der Waals surface area contributed by atoms with Crippen molar-refractivity contribution < 1.29 is 28.5 Å². The molecule has 6 nitrogen and oxygen atoms in total. The molecule has 1 fully saturated rings. The highest BCUT2D eigenvalue weighted by atomic mass is 16.7. The molecular weight excluding hydrogens is 252 g/mol. The first-order chi connectivity index (χ1) is 9.26. The van der Waals surface area contributed by atoms with Gasteiger partial charge in [0.1, 0.15) is 5.75 Å². The molecule has 0 N–H and O–H groups in total. The van der Waals surface area contributed by atoms with Crippen LogP contribution in [0.1, 0.15) is 22.2 Å². The molecule has 0 amide bonds. The predicted molar refractivity (Wildman–Crippen MR) is 64.9 cm³/mol. The second-order valence-corrected chi connectivity index (χ2v) is 3.87. The van der Waals surface area contributed by atoms with Crippen LogP contribution in [0.2, 0.25) is 0 Å². The summed E-state index contributed by atoms with van der Waals surface area (Å²) in [6.07, 6.45) is -0.474. The number of carbonyl (C=O) groups is 1. The van der Waals surface area contributed by atoms with Gasteiger partial charge < -0.3 is 23.7 Å². The molecule has 0 bridgehead atoms. The minimum absolute atomic E-state index is 0.0738. The average Bonchev–Trinajstić information content (AvgIpc) is 2.97. The molecule has 0 radical (unpaired) electrons. The molecule has 0 saturated carbocycles. The van der Waals surface area contributed by atoms with E-state index in [2.05, 4.69) is 4.74 Å². The van der Waals surface area contributed by atoms with Crippen molar-refractivity contribution in [2.45, 2.75) is 6.29 Å². The maximum Gasteiger partial charge on any atom is 0.337 e. The fourth-order valence-corrected chi connectivity index (χ4v) is 1.76. The van der Waals surface area contributed by atoms with Crippen molar-refractivity contribution in [2.75, 3.05) is 34.2 Å². The van der Waals surface area contributed by atoms with E-state index in [1.54, 1.807) is 18.2 Å². The van der Waals surface area contributed by atoms with Crippen molar-refractivity contribution >= 4 is 5.97 Å². The van der Waals surface area contributed by atoms with E-state index in [1.165, 1.54) is 14.2 Å².